The molecular weight excluding hydrogens is 320 g/mol. The number of carbonyl (C=O) groups is 2. The lowest BCUT2D eigenvalue weighted by atomic mass is 10.0. The summed E-state index contributed by atoms with van der Waals surface area (Å²) in [7, 11) is 1.57. The number of nitrogens with one attached hydrogen (secondary N) is 3. The monoisotopic (exact) mass is 340 g/mol. The van der Waals surface area contributed by atoms with Gasteiger partial charge < -0.3 is 10.1 Å². The first-order valence-corrected chi connectivity index (χ1v) is 8.03. The Bertz CT molecular complexity index is 734. The van der Waals surface area contributed by atoms with Crippen LogP contribution in [0.25, 0.3) is 0 Å². The van der Waals surface area contributed by atoms with Gasteiger partial charge in [-0.25, -0.2) is 10.9 Å². The molecule has 1 amide bonds. The van der Waals surface area contributed by atoms with Crippen LogP contribution in [0, 0.1) is 0 Å². The highest BCUT2D eigenvalue weighted by molar-refractivity contribution is 5.99. The van der Waals surface area contributed by atoms with Gasteiger partial charge in [0.25, 0.3) is 0 Å². The SMILES string of the molecule is COc1ccc(C(=O)CNC(=O)C2CC(c3cccnc3)NN2)cc1. The topological polar surface area (TPSA) is 92.3 Å². The summed E-state index contributed by atoms with van der Waals surface area (Å²) in [4.78, 5) is 28.5. The van der Waals surface area contributed by atoms with Gasteiger partial charge in [-0.05, 0) is 42.3 Å². The van der Waals surface area contributed by atoms with Crippen LogP contribution in [0.2, 0.25) is 0 Å². The number of Topliss-reactive ketones (excluding diaryl/α,β-unsaturated/α-hetero) is 1. The quantitative estimate of drug-likeness (QED) is 0.680. The Morgan fingerprint density at radius 3 is 2.72 bits per heavy atom. The molecule has 3 rings (SSSR count). The summed E-state index contributed by atoms with van der Waals surface area (Å²) in [6.07, 6.45) is 4.07. The van der Waals surface area contributed by atoms with E-state index in [2.05, 4.69) is 21.2 Å². The van der Waals surface area contributed by atoms with E-state index in [0.29, 0.717) is 17.7 Å². The molecule has 2 atom stereocenters. The first-order valence-electron chi connectivity index (χ1n) is 8.03. The molecule has 130 valence electrons. The number of amides is 1. The Balaban J connectivity index is 1.50. The van der Waals surface area contributed by atoms with Crippen molar-refractivity contribution in [1.82, 2.24) is 21.2 Å². The van der Waals surface area contributed by atoms with Crippen LogP contribution in [-0.4, -0.2) is 36.4 Å². The van der Waals surface area contributed by atoms with Crippen LogP contribution in [0.1, 0.15) is 28.4 Å². The predicted molar refractivity (Wildman–Crippen MR) is 92.0 cm³/mol. The third-order valence-electron chi connectivity index (χ3n) is 4.14. The van der Waals surface area contributed by atoms with E-state index in [-0.39, 0.29) is 24.3 Å². The third kappa shape index (κ3) is 4.20. The molecule has 2 unspecified atom stereocenters. The average Bonchev–Trinajstić information content (AvgIpc) is 3.17. The van der Waals surface area contributed by atoms with Gasteiger partial charge in [-0.2, -0.15) is 0 Å². The Kier molecular flexibility index (Phi) is 5.37. The van der Waals surface area contributed by atoms with E-state index in [1.165, 1.54) is 0 Å². The van der Waals surface area contributed by atoms with E-state index in [1.54, 1.807) is 43.8 Å². The van der Waals surface area contributed by atoms with Gasteiger partial charge in [-0.15, -0.1) is 0 Å². The Hall–Kier alpha value is -2.77. The molecule has 3 N–H and O–H groups in total. The van der Waals surface area contributed by atoms with Gasteiger partial charge in [-0.1, -0.05) is 6.07 Å². The van der Waals surface area contributed by atoms with Crippen molar-refractivity contribution in [2.45, 2.75) is 18.5 Å². The maximum absolute atomic E-state index is 12.3. The minimum Gasteiger partial charge on any atom is -0.497 e. The van der Waals surface area contributed by atoms with Gasteiger partial charge >= 0.3 is 0 Å². The van der Waals surface area contributed by atoms with E-state index < -0.39 is 6.04 Å². The number of pyridine rings is 1. The van der Waals surface area contributed by atoms with Crippen LogP contribution in [0.5, 0.6) is 5.75 Å². The second-order valence-corrected chi connectivity index (χ2v) is 5.79. The largest absolute Gasteiger partial charge is 0.497 e. The van der Waals surface area contributed by atoms with E-state index in [1.807, 2.05) is 12.1 Å². The van der Waals surface area contributed by atoms with Crippen LogP contribution in [0.15, 0.2) is 48.8 Å². The third-order valence-corrected chi connectivity index (χ3v) is 4.14. The standard InChI is InChI=1S/C18H20N4O3/c1-25-14-6-4-12(5-7-14)17(23)11-20-18(24)16-9-15(21-22-16)13-3-2-8-19-10-13/h2-8,10,15-16,21-22H,9,11H2,1H3,(H,20,24). The molecule has 0 saturated carbocycles. The first kappa shape index (κ1) is 17.1. The number of ether oxygens (including phenoxy) is 1. The fourth-order valence-corrected chi connectivity index (χ4v) is 2.70. The highest BCUT2D eigenvalue weighted by Crippen LogP contribution is 2.21. The first-order chi connectivity index (χ1) is 12.2. The van der Waals surface area contributed by atoms with Crippen LogP contribution in [0.4, 0.5) is 0 Å². The van der Waals surface area contributed by atoms with Crippen molar-refractivity contribution in [3.8, 4) is 5.75 Å². The predicted octanol–water partition coefficient (Wildman–Crippen LogP) is 0.997. The summed E-state index contributed by atoms with van der Waals surface area (Å²) < 4.78 is 5.06. The Morgan fingerprint density at radius 2 is 2.04 bits per heavy atom. The minimum absolute atomic E-state index is 0.0155. The normalized spacial score (nSPS) is 19.4. The molecule has 0 radical (unpaired) electrons. The molecule has 2 heterocycles. The van der Waals surface area contributed by atoms with E-state index in [4.69, 9.17) is 4.74 Å². The fourth-order valence-electron chi connectivity index (χ4n) is 2.70. The number of nitrogens with zero attached hydrogens (tertiary/aromatic N) is 1. The second-order valence-electron chi connectivity index (χ2n) is 5.79. The van der Waals surface area contributed by atoms with Crippen LogP contribution >= 0.6 is 0 Å². The molecule has 1 aromatic heterocycles. The Labute approximate surface area is 145 Å². The number of aromatic nitrogens is 1. The number of benzene rings is 1. The molecule has 0 bridgehead atoms. The lowest BCUT2D eigenvalue weighted by molar-refractivity contribution is -0.122. The number of methoxy groups -OCH3 is 1. The number of rotatable bonds is 6. The number of carbonyl (C=O) groups excluding carboxylic acids is 2. The molecule has 7 nitrogen and oxygen atoms in total. The minimum atomic E-state index is -0.395. The van der Waals surface area contributed by atoms with E-state index in [9.17, 15) is 9.59 Å². The molecule has 1 fully saturated rings. The summed E-state index contributed by atoms with van der Waals surface area (Å²) in [6, 6.07) is 10.2. The van der Waals surface area contributed by atoms with Crippen molar-refractivity contribution in [2.75, 3.05) is 13.7 Å². The van der Waals surface area contributed by atoms with Gasteiger partial charge in [0.1, 0.15) is 11.8 Å². The molecule has 1 aliphatic rings. The summed E-state index contributed by atoms with van der Waals surface area (Å²) in [6.45, 7) is -0.0408. The summed E-state index contributed by atoms with van der Waals surface area (Å²) in [5, 5.41) is 2.69. The Morgan fingerprint density at radius 1 is 1.24 bits per heavy atom. The highest BCUT2D eigenvalue weighted by atomic mass is 16.5. The second kappa shape index (κ2) is 7.87. The van der Waals surface area contributed by atoms with Gasteiger partial charge in [0, 0.05) is 24.0 Å². The maximum Gasteiger partial charge on any atom is 0.238 e. The van der Waals surface area contributed by atoms with Crippen LogP contribution in [-0.2, 0) is 4.79 Å². The summed E-state index contributed by atoms with van der Waals surface area (Å²) in [5.41, 5.74) is 7.60. The van der Waals surface area contributed by atoms with Gasteiger partial charge in [0.15, 0.2) is 5.78 Å². The van der Waals surface area contributed by atoms with Crippen molar-refractivity contribution in [3.05, 3.63) is 59.9 Å². The lowest BCUT2D eigenvalue weighted by Crippen LogP contribution is -2.44. The zero-order valence-corrected chi connectivity index (χ0v) is 13.9. The number of hydrazine groups is 1. The number of hydrogen-bond donors (Lipinski definition) is 3. The van der Waals surface area contributed by atoms with E-state index >= 15 is 0 Å². The van der Waals surface area contributed by atoms with Crippen molar-refractivity contribution in [2.24, 2.45) is 0 Å². The van der Waals surface area contributed by atoms with Gasteiger partial charge in [0.05, 0.1) is 13.7 Å². The maximum atomic E-state index is 12.3. The molecule has 0 aliphatic carbocycles. The van der Waals surface area contributed by atoms with Crippen molar-refractivity contribution in [1.29, 1.82) is 0 Å². The zero-order chi connectivity index (χ0) is 17.6. The highest BCUT2D eigenvalue weighted by Gasteiger charge is 2.30. The summed E-state index contributed by atoms with van der Waals surface area (Å²) in [5.74, 6) is 0.328. The number of ketones is 1. The van der Waals surface area contributed by atoms with Crippen molar-refractivity contribution < 1.29 is 14.3 Å². The van der Waals surface area contributed by atoms with Crippen LogP contribution in [0.3, 0.4) is 0 Å². The van der Waals surface area contributed by atoms with Crippen molar-refractivity contribution in [3.63, 3.8) is 0 Å². The molecular formula is C18H20N4O3. The van der Waals surface area contributed by atoms with E-state index in [0.717, 1.165) is 5.56 Å². The zero-order valence-electron chi connectivity index (χ0n) is 13.9. The number of hydrogen-bond acceptors (Lipinski definition) is 6. The molecule has 0 spiro atoms. The lowest BCUT2D eigenvalue weighted by Gasteiger charge is -2.10. The fraction of sp³-hybridized carbons (Fsp3) is 0.278. The smallest absolute Gasteiger partial charge is 0.238 e. The van der Waals surface area contributed by atoms with Gasteiger partial charge in [0.2, 0.25) is 5.91 Å². The molecule has 1 aliphatic heterocycles. The molecule has 7 heteroatoms. The molecule has 1 saturated heterocycles. The van der Waals surface area contributed by atoms with Crippen molar-refractivity contribution >= 4 is 11.7 Å². The molecule has 1 aromatic carbocycles. The average molecular weight is 340 g/mol. The summed E-state index contributed by atoms with van der Waals surface area (Å²) >= 11 is 0. The molecule has 25 heavy (non-hydrogen) atoms. The van der Waals surface area contributed by atoms with Crippen LogP contribution < -0.4 is 20.9 Å². The van der Waals surface area contributed by atoms with Gasteiger partial charge in [-0.3, -0.25) is 14.6 Å². The molecule has 2 aromatic rings.